The van der Waals surface area contributed by atoms with Gasteiger partial charge in [-0.2, -0.15) is 0 Å². The smallest absolute Gasteiger partial charge is 0.192 e. The van der Waals surface area contributed by atoms with Crippen LogP contribution in [0.15, 0.2) is 11.6 Å². The van der Waals surface area contributed by atoms with E-state index in [-0.39, 0.29) is 29.3 Å². The summed E-state index contributed by atoms with van der Waals surface area (Å²) in [7, 11) is -1.31. The van der Waals surface area contributed by atoms with E-state index in [4.69, 9.17) is 18.6 Å². The molecule has 0 radical (unpaired) electrons. The molecule has 5 atom stereocenters. The van der Waals surface area contributed by atoms with Gasteiger partial charge < -0.3 is 23.4 Å². The molecule has 0 aromatic carbocycles. The zero-order valence-corrected chi connectivity index (χ0v) is 25.3. The fourth-order valence-electron chi connectivity index (χ4n) is 3.94. The van der Waals surface area contributed by atoms with Gasteiger partial charge in [0.2, 0.25) is 0 Å². The summed E-state index contributed by atoms with van der Waals surface area (Å²) in [4.78, 5) is 11.7. The summed E-state index contributed by atoms with van der Waals surface area (Å²) in [6.07, 6.45) is 6.20. The predicted octanol–water partition coefficient (Wildman–Crippen LogP) is 6.67. The Morgan fingerprint density at radius 1 is 1.09 bits per heavy atom. The first-order valence-corrected chi connectivity index (χ1v) is 19.3. The third-order valence-corrected chi connectivity index (χ3v) is 13.5. The first kappa shape index (κ1) is 30.7. The van der Waals surface area contributed by atoms with E-state index < -0.39 is 16.4 Å². The first-order valence-electron chi connectivity index (χ1n) is 12.6. The summed E-state index contributed by atoms with van der Waals surface area (Å²) < 4.78 is 24.3. The van der Waals surface area contributed by atoms with Gasteiger partial charge in [0.1, 0.15) is 13.1 Å². The van der Waals surface area contributed by atoms with E-state index in [1.807, 2.05) is 6.92 Å². The molecule has 0 spiro atoms. The van der Waals surface area contributed by atoms with E-state index in [0.717, 1.165) is 43.8 Å². The van der Waals surface area contributed by atoms with Crippen LogP contribution in [0.5, 0.6) is 0 Å². The Hall–Kier alpha value is -0.316. The summed E-state index contributed by atoms with van der Waals surface area (Å²) in [6, 6.07) is 1.15. The molecule has 0 aliphatic heterocycles. The Morgan fingerprint density at radius 2 is 1.73 bits per heavy atom. The highest BCUT2D eigenvalue weighted by molar-refractivity contribution is 6.76. The van der Waals surface area contributed by atoms with Crippen molar-refractivity contribution in [1.29, 1.82) is 0 Å². The molecule has 0 bridgehead atoms. The number of ether oxygens (including phenoxy) is 3. The van der Waals surface area contributed by atoms with E-state index in [0.29, 0.717) is 12.7 Å². The average molecular weight is 501 g/mol. The Labute approximate surface area is 206 Å². The second-order valence-corrected chi connectivity index (χ2v) is 23.0. The highest BCUT2D eigenvalue weighted by atomic mass is 28.4. The number of aldehydes is 1. The normalized spacial score (nSPS) is 25.1. The lowest BCUT2D eigenvalue weighted by molar-refractivity contribution is -0.144. The largest absolute Gasteiger partial charge is 0.410 e. The molecule has 0 amide bonds. The lowest BCUT2D eigenvalue weighted by Gasteiger charge is -2.41. The molecule has 1 aliphatic carbocycles. The van der Waals surface area contributed by atoms with Gasteiger partial charge in [-0.05, 0) is 61.9 Å². The van der Waals surface area contributed by atoms with E-state index in [1.165, 1.54) is 0 Å². The highest BCUT2D eigenvalue weighted by Gasteiger charge is 2.41. The predicted molar refractivity (Wildman–Crippen MR) is 143 cm³/mol. The molecule has 0 heterocycles. The van der Waals surface area contributed by atoms with Gasteiger partial charge in [-0.1, -0.05) is 53.4 Å². The maximum atomic E-state index is 11.7. The van der Waals surface area contributed by atoms with Gasteiger partial charge in [-0.25, -0.2) is 0 Å². The molecule has 0 aromatic rings. The molecule has 0 N–H and O–H groups in total. The van der Waals surface area contributed by atoms with Gasteiger partial charge in [0, 0.05) is 27.7 Å². The number of carbonyl (C=O) groups is 1. The minimum absolute atomic E-state index is 0.0524. The summed E-state index contributed by atoms with van der Waals surface area (Å²) in [5, 5.41) is 0.0990. The van der Waals surface area contributed by atoms with Gasteiger partial charge in [0.15, 0.2) is 8.32 Å². The Kier molecular flexibility index (Phi) is 12.2. The van der Waals surface area contributed by atoms with Crippen molar-refractivity contribution in [2.45, 2.75) is 116 Å². The minimum atomic E-state index is -2.00. The van der Waals surface area contributed by atoms with Crippen LogP contribution in [0.25, 0.3) is 0 Å². The van der Waals surface area contributed by atoms with Crippen molar-refractivity contribution in [3.05, 3.63) is 11.6 Å². The molecule has 194 valence electrons. The zero-order chi connectivity index (χ0) is 25.4. The van der Waals surface area contributed by atoms with Crippen molar-refractivity contribution in [1.82, 2.24) is 0 Å². The standard InChI is InChI=1S/C26H52O5Si2/c1-20(25(21(2)18-27)31-33(10,11)26(3,4)5)16-22-12-13-23(24(17-22)28-6)30-19-29-14-15-32(7,8)9/h16,18,21-25H,12-15,17,19H2,1-11H3/b20-16+/t21-,22-,23+,24+,25+/m0/s1. The van der Waals surface area contributed by atoms with Crippen molar-refractivity contribution in [2.24, 2.45) is 11.8 Å². The van der Waals surface area contributed by atoms with Crippen molar-refractivity contribution in [3.8, 4) is 0 Å². The van der Waals surface area contributed by atoms with Crippen LogP contribution in [-0.4, -0.2) is 61.5 Å². The second kappa shape index (κ2) is 13.1. The lowest BCUT2D eigenvalue weighted by atomic mass is 9.83. The molecule has 0 saturated heterocycles. The molecular weight excluding hydrogens is 448 g/mol. The van der Waals surface area contributed by atoms with Crippen LogP contribution in [0.3, 0.4) is 0 Å². The maximum Gasteiger partial charge on any atom is 0.192 e. The number of methoxy groups -OCH3 is 1. The average Bonchev–Trinajstić information content (AvgIpc) is 2.70. The molecule has 1 rings (SSSR count). The van der Waals surface area contributed by atoms with Crippen LogP contribution >= 0.6 is 0 Å². The summed E-state index contributed by atoms with van der Waals surface area (Å²) in [5.41, 5.74) is 1.16. The van der Waals surface area contributed by atoms with E-state index in [1.54, 1.807) is 7.11 Å². The van der Waals surface area contributed by atoms with Crippen molar-refractivity contribution < 1.29 is 23.4 Å². The van der Waals surface area contributed by atoms with Crippen LogP contribution in [0, 0.1) is 11.8 Å². The molecule has 33 heavy (non-hydrogen) atoms. The number of hydrogen-bond donors (Lipinski definition) is 0. The minimum Gasteiger partial charge on any atom is -0.410 e. The van der Waals surface area contributed by atoms with Crippen LogP contribution in [0.2, 0.25) is 43.8 Å². The summed E-state index contributed by atoms with van der Waals surface area (Å²) in [5.74, 6) is 0.230. The SMILES string of the molecule is CO[C@@H]1C[C@H](/C=C(\C)[C@@H](O[Si](C)(C)C(C)(C)C)[C@@H](C)C=O)CC[C@H]1OCOCC[Si](C)(C)C. The van der Waals surface area contributed by atoms with Crippen LogP contribution < -0.4 is 0 Å². The van der Waals surface area contributed by atoms with Gasteiger partial charge in [-0.15, -0.1) is 0 Å². The highest BCUT2D eigenvalue weighted by Crippen LogP contribution is 2.39. The number of carbonyl (C=O) groups excluding carboxylic acids is 1. The molecule has 1 fully saturated rings. The quantitative estimate of drug-likeness (QED) is 0.0929. The third kappa shape index (κ3) is 10.5. The zero-order valence-electron chi connectivity index (χ0n) is 23.3. The van der Waals surface area contributed by atoms with Crippen molar-refractivity contribution in [2.75, 3.05) is 20.5 Å². The van der Waals surface area contributed by atoms with Gasteiger partial charge >= 0.3 is 0 Å². The molecular formula is C26H52O5Si2. The summed E-state index contributed by atoms with van der Waals surface area (Å²) in [6.45, 7) is 23.5. The maximum absolute atomic E-state index is 11.7. The lowest BCUT2D eigenvalue weighted by Crippen LogP contribution is -2.46. The van der Waals surface area contributed by atoms with Crippen LogP contribution in [0.4, 0.5) is 0 Å². The molecule has 0 aromatic heterocycles. The van der Waals surface area contributed by atoms with E-state index in [9.17, 15) is 4.79 Å². The monoisotopic (exact) mass is 500 g/mol. The summed E-state index contributed by atoms with van der Waals surface area (Å²) >= 11 is 0. The number of allylic oxidation sites excluding steroid dienone is 1. The first-order chi connectivity index (χ1) is 15.1. The molecule has 5 nitrogen and oxygen atoms in total. The van der Waals surface area contributed by atoms with Gasteiger partial charge in [0.05, 0.1) is 18.3 Å². The topological polar surface area (TPSA) is 54.0 Å². The van der Waals surface area contributed by atoms with Crippen molar-refractivity contribution in [3.63, 3.8) is 0 Å². The molecule has 1 saturated carbocycles. The van der Waals surface area contributed by atoms with Crippen LogP contribution in [0.1, 0.15) is 53.9 Å². The molecule has 7 heteroatoms. The van der Waals surface area contributed by atoms with Crippen molar-refractivity contribution >= 4 is 22.7 Å². The number of hydrogen-bond acceptors (Lipinski definition) is 5. The number of rotatable bonds is 13. The molecule has 0 unspecified atom stereocenters. The fraction of sp³-hybridized carbons (Fsp3) is 0.885. The second-order valence-electron chi connectivity index (χ2n) is 12.6. The third-order valence-electron chi connectivity index (χ3n) is 7.30. The Balaban J connectivity index is 2.75. The van der Waals surface area contributed by atoms with Crippen LogP contribution in [-0.2, 0) is 23.4 Å². The van der Waals surface area contributed by atoms with E-state index in [2.05, 4.69) is 66.5 Å². The Bertz CT molecular complexity index is 621. The Morgan fingerprint density at radius 3 is 2.24 bits per heavy atom. The fourth-order valence-corrected chi connectivity index (χ4v) is 6.09. The van der Waals surface area contributed by atoms with E-state index >= 15 is 0 Å². The molecule has 1 aliphatic rings. The van der Waals surface area contributed by atoms with Gasteiger partial charge in [-0.3, -0.25) is 0 Å². The van der Waals surface area contributed by atoms with Gasteiger partial charge in [0.25, 0.3) is 0 Å².